The zero-order chi connectivity index (χ0) is 11.7. The maximum atomic E-state index is 5.80. The van der Waals surface area contributed by atoms with Crippen LogP contribution in [0.15, 0.2) is 28.7 Å². The van der Waals surface area contributed by atoms with E-state index in [1.54, 1.807) is 4.68 Å². The molecule has 2 N–H and O–H groups in total. The van der Waals surface area contributed by atoms with Crippen LogP contribution in [-0.2, 0) is 13.5 Å². The molecule has 0 atom stereocenters. The van der Waals surface area contributed by atoms with Crippen molar-refractivity contribution in [3.8, 4) is 11.3 Å². The number of halogens is 1. The summed E-state index contributed by atoms with van der Waals surface area (Å²) in [6.45, 7) is 2.14. The van der Waals surface area contributed by atoms with Crippen LogP contribution < -0.4 is 5.73 Å². The van der Waals surface area contributed by atoms with Crippen LogP contribution in [0.25, 0.3) is 11.3 Å². The Morgan fingerprint density at radius 2 is 2.12 bits per heavy atom. The number of aromatic nitrogens is 2. The van der Waals surface area contributed by atoms with E-state index in [0.29, 0.717) is 5.82 Å². The summed E-state index contributed by atoms with van der Waals surface area (Å²) < 4.78 is 2.75. The predicted molar refractivity (Wildman–Crippen MR) is 70.1 cm³/mol. The van der Waals surface area contributed by atoms with Crippen molar-refractivity contribution in [3.63, 3.8) is 0 Å². The van der Waals surface area contributed by atoms with E-state index < -0.39 is 0 Å². The van der Waals surface area contributed by atoms with Gasteiger partial charge in [-0.3, -0.25) is 4.68 Å². The number of benzene rings is 1. The third-order valence-corrected chi connectivity index (χ3v) is 3.14. The molecular weight excluding hydrogens is 266 g/mol. The van der Waals surface area contributed by atoms with E-state index in [4.69, 9.17) is 5.73 Å². The van der Waals surface area contributed by atoms with E-state index in [-0.39, 0.29) is 0 Å². The molecule has 0 amide bonds. The van der Waals surface area contributed by atoms with Crippen LogP contribution in [0.1, 0.15) is 12.5 Å². The third-order valence-electron chi connectivity index (χ3n) is 2.64. The molecule has 16 heavy (non-hydrogen) atoms. The van der Waals surface area contributed by atoms with Gasteiger partial charge in [0.05, 0.1) is 5.69 Å². The minimum Gasteiger partial charge on any atom is -0.384 e. The average molecular weight is 280 g/mol. The largest absolute Gasteiger partial charge is 0.384 e. The second-order valence-corrected chi connectivity index (χ2v) is 4.65. The van der Waals surface area contributed by atoms with Crippen molar-refractivity contribution in [1.82, 2.24) is 9.78 Å². The Balaban J connectivity index is 2.57. The Hall–Kier alpha value is -1.29. The Bertz CT molecular complexity index is 497. The minimum absolute atomic E-state index is 0.678. The Morgan fingerprint density at radius 1 is 1.38 bits per heavy atom. The smallest absolute Gasteiger partial charge is 0.121 e. The molecule has 0 unspecified atom stereocenters. The molecule has 2 rings (SSSR count). The lowest BCUT2D eigenvalue weighted by atomic mass is 10.0. The number of nitrogens with zero attached hydrogens (tertiary/aromatic N) is 2. The quantitative estimate of drug-likeness (QED) is 0.919. The van der Waals surface area contributed by atoms with Crippen LogP contribution in [0.3, 0.4) is 0 Å². The van der Waals surface area contributed by atoms with Crippen LogP contribution in [0.5, 0.6) is 0 Å². The van der Waals surface area contributed by atoms with E-state index in [1.807, 2.05) is 13.1 Å². The zero-order valence-electron chi connectivity index (χ0n) is 9.37. The maximum Gasteiger partial charge on any atom is 0.121 e. The molecule has 0 spiro atoms. The molecule has 0 aliphatic carbocycles. The summed E-state index contributed by atoms with van der Waals surface area (Å²) in [6.07, 6.45) is 0.985. The van der Waals surface area contributed by atoms with Crippen molar-refractivity contribution in [2.24, 2.45) is 7.05 Å². The third kappa shape index (κ3) is 1.97. The molecule has 0 radical (unpaired) electrons. The first kappa shape index (κ1) is 11.2. The fourth-order valence-corrected chi connectivity index (χ4v) is 2.07. The summed E-state index contributed by atoms with van der Waals surface area (Å²) in [4.78, 5) is 0. The molecule has 0 aliphatic rings. The fourth-order valence-electron chi connectivity index (χ4n) is 1.71. The Labute approximate surface area is 103 Å². The molecule has 1 heterocycles. The molecule has 0 bridgehead atoms. The summed E-state index contributed by atoms with van der Waals surface area (Å²) >= 11 is 3.48. The van der Waals surface area contributed by atoms with Gasteiger partial charge in [0.2, 0.25) is 0 Å². The molecule has 0 saturated carbocycles. The second-order valence-electron chi connectivity index (χ2n) is 3.73. The molecule has 4 heteroatoms. The summed E-state index contributed by atoms with van der Waals surface area (Å²) in [5.41, 5.74) is 9.15. The molecule has 1 aromatic heterocycles. The van der Waals surface area contributed by atoms with Crippen LogP contribution in [0.2, 0.25) is 0 Å². The minimum atomic E-state index is 0.678. The van der Waals surface area contributed by atoms with Crippen molar-refractivity contribution in [1.29, 1.82) is 0 Å². The number of hydrogen-bond acceptors (Lipinski definition) is 2. The lowest BCUT2D eigenvalue weighted by Crippen LogP contribution is -1.96. The highest BCUT2D eigenvalue weighted by molar-refractivity contribution is 9.10. The SMILES string of the molecule is CCc1ccc(Br)cc1-c1cc(N)n(C)n1. The van der Waals surface area contributed by atoms with Gasteiger partial charge in [-0.15, -0.1) is 0 Å². The fraction of sp³-hybridized carbons (Fsp3) is 0.250. The van der Waals surface area contributed by atoms with Gasteiger partial charge < -0.3 is 5.73 Å². The van der Waals surface area contributed by atoms with Gasteiger partial charge in [0, 0.05) is 23.2 Å². The summed E-state index contributed by atoms with van der Waals surface area (Å²) in [5, 5.41) is 4.40. The molecule has 0 saturated heterocycles. The number of nitrogens with two attached hydrogens (primary N) is 1. The van der Waals surface area contributed by atoms with E-state index in [1.165, 1.54) is 5.56 Å². The standard InChI is InChI=1S/C12H14BrN3/c1-3-8-4-5-9(13)6-10(8)11-7-12(14)16(2)15-11/h4-7H,3,14H2,1-2H3. The summed E-state index contributed by atoms with van der Waals surface area (Å²) in [7, 11) is 1.85. The van der Waals surface area contributed by atoms with Crippen molar-refractivity contribution in [2.45, 2.75) is 13.3 Å². The van der Waals surface area contributed by atoms with Gasteiger partial charge in [-0.1, -0.05) is 28.9 Å². The van der Waals surface area contributed by atoms with Crippen molar-refractivity contribution >= 4 is 21.7 Å². The van der Waals surface area contributed by atoms with Crippen molar-refractivity contribution in [2.75, 3.05) is 5.73 Å². The van der Waals surface area contributed by atoms with Crippen LogP contribution in [-0.4, -0.2) is 9.78 Å². The normalized spacial score (nSPS) is 10.7. The lowest BCUT2D eigenvalue weighted by molar-refractivity contribution is 0.782. The Kier molecular flexibility index (Phi) is 3.01. The first-order valence-corrected chi connectivity index (χ1v) is 5.99. The second kappa shape index (κ2) is 4.29. The van der Waals surface area contributed by atoms with E-state index in [0.717, 1.165) is 22.2 Å². The van der Waals surface area contributed by atoms with E-state index in [9.17, 15) is 0 Å². The highest BCUT2D eigenvalue weighted by Gasteiger charge is 2.09. The molecule has 0 aliphatic heterocycles. The molecular formula is C12H14BrN3. The molecule has 0 fully saturated rings. The van der Waals surface area contributed by atoms with Gasteiger partial charge in [-0.25, -0.2) is 0 Å². The average Bonchev–Trinajstić information content (AvgIpc) is 2.59. The van der Waals surface area contributed by atoms with E-state index >= 15 is 0 Å². The van der Waals surface area contributed by atoms with Crippen molar-refractivity contribution < 1.29 is 0 Å². The molecule has 2 aromatic rings. The topological polar surface area (TPSA) is 43.8 Å². The van der Waals surface area contributed by atoms with Crippen LogP contribution in [0.4, 0.5) is 5.82 Å². The predicted octanol–water partition coefficient (Wildman–Crippen LogP) is 2.99. The first-order valence-electron chi connectivity index (χ1n) is 5.20. The number of nitrogen functional groups attached to an aromatic ring is 1. The van der Waals surface area contributed by atoms with Gasteiger partial charge in [-0.2, -0.15) is 5.10 Å². The van der Waals surface area contributed by atoms with Crippen molar-refractivity contribution in [3.05, 3.63) is 34.3 Å². The van der Waals surface area contributed by atoms with Gasteiger partial charge in [0.25, 0.3) is 0 Å². The van der Waals surface area contributed by atoms with E-state index in [2.05, 4.69) is 46.2 Å². The summed E-state index contributed by atoms with van der Waals surface area (Å²) in [6, 6.07) is 8.15. The molecule has 84 valence electrons. The number of hydrogen-bond donors (Lipinski definition) is 1. The van der Waals surface area contributed by atoms with Gasteiger partial charge in [0.1, 0.15) is 5.82 Å². The number of aryl methyl sites for hydroxylation is 2. The lowest BCUT2D eigenvalue weighted by Gasteiger charge is -2.05. The highest BCUT2D eigenvalue weighted by atomic mass is 79.9. The van der Waals surface area contributed by atoms with Crippen LogP contribution >= 0.6 is 15.9 Å². The van der Waals surface area contributed by atoms with Crippen LogP contribution in [0, 0.1) is 0 Å². The monoisotopic (exact) mass is 279 g/mol. The number of rotatable bonds is 2. The van der Waals surface area contributed by atoms with Gasteiger partial charge >= 0.3 is 0 Å². The zero-order valence-corrected chi connectivity index (χ0v) is 11.0. The first-order chi connectivity index (χ1) is 7.61. The number of anilines is 1. The molecule has 3 nitrogen and oxygen atoms in total. The maximum absolute atomic E-state index is 5.80. The Morgan fingerprint density at radius 3 is 2.69 bits per heavy atom. The highest BCUT2D eigenvalue weighted by Crippen LogP contribution is 2.27. The molecule has 1 aromatic carbocycles. The van der Waals surface area contributed by atoms with Gasteiger partial charge in [0.15, 0.2) is 0 Å². The summed E-state index contributed by atoms with van der Waals surface area (Å²) in [5.74, 6) is 0.678. The van der Waals surface area contributed by atoms with Gasteiger partial charge in [-0.05, 0) is 24.1 Å².